The molecule has 1 saturated heterocycles. The van der Waals surface area contributed by atoms with Crippen molar-refractivity contribution < 1.29 is 4.74 Å². The normalized spacial score (nSPS) is 19.2. The molecule has 8 heteroatoms. The van der Waals surface area contributed by atoms with E-state index in [1.165, 1.54) is 18.4 Å². The molecule has 1 atom stereocenters. The van der Waals surface area contributed by atoms with Crippen LogP contribution in [0.25, 0.3) is 5.82 Å². The zero-order valence-electron chi connectivity index (χ0n) is 19.4. The maximum absolute atomic E-state index is 13.4. The van der Waals surface area contributed by atoms with Crippen LogP contribution in [-0.4, -0.2) is 49.7 Å². The Morgan fingerprint density at radius 3 is 2.66 bits per heavy atom. The van der Waals surface area contributed by atoms with E-state index in [1.807, 2.05) is 30.2 Å². The molecule has 0 spiro atoms. The van der Waals surface area contributed by atoms with Gasteiger partial charge >= 0.3 is 5.69 Å². The molecule has 170 valence electrons. The Morgan fingerprint density at radius 2 is 1.97 bits per heavy atom. The van der Waals surface area contributed by atoms with Gasteiger partial charge in [0.25, 0.3) is 0 Å². The fourth-order valence-corrected chi connectivity index (χ4v) is 4.43. The molecule has 0 unspecified atom stereocenters. The third kappa shape index (κ3) is 4.11. The number of anilines is 1. The van der Waals surface area contributed by atoms with Gasteiger partial charge in [-0.05, 0) is 64.2 Å². The van der Waals surface area contributed by atoms with Crippen LogP contribution in [0.2, 0.25) is 0 Å². The van der Waals surface area contributed by atoms with Crippen molar-refractivity contribution in [3.63, 3.8) is 0 Å². The summed E-state index contributed by atoms with van der Waals surface area (Å²) in [7, 11) is 0. The first-order valence-corrected chi connectivity index (χ1v) is 11.6. The Hall–Kier alpha value is -2.87. The van der Waals surface area contributed by atoms with Crippen molar-refractivity contribution >= 4 is 5.82 Å². The van der Waals surface area contributed by atoms with Gasteiger partial charge < -0.3 is 9.64 Å². The molecule has 0 aromatic carbocycles. The molecular weight excluding hydrogens is 404 g/mol. The molecule has 4 heterocycles. The molecule has 5 rings (SSSR count). The van der Waals surface area contributed by atoms with Gasteiger partial charge in [-0.1, -0.05) is 0 Å². The number of imidazole rings is 1. The van der Waals surface area contributed by atoms with Gasteiger partial charge in [-0.3, -0.25) is 9.25 Å². The van der Waals surface area contributed by atoms with E-state index in [-0.39, 0.29) is 11.8 Å². The van der Waals surface area contributed by atoms with Crippen molar-refractivity contribution in [3.05, 3.63) is 58.0 Å². The molecule has 1 saturated carbocycles. The highest BCUT2D eigenvalue weighted by molar-refractivity contribution is 5.49. The number of aromatic nitrogens is 5. The maximum atomic E-state index is 13.4. The first-order valence-electron chi connectivity index (χ1n) is 11.6. The number of nitrogens with zero attached hydrogens (tertiary/aromatic N) is 6. The van der Waals surface area contributed by atoms with Crippen LogP contribution < -0.4 is 10.6 Å². The lowest BCUT2D eigenvalue weighted by Gasteiger charge is -2.32. The van der Waals surface area contributed by atoms with Crippen LogP contribution in [-0.2, 0) is 11.3 Å². The monoisotopic (exact) mass is 436 g/mol. The molecule has 0 amide bonds. The quantitative estimate of drug-likeness (QED) is 0.593. The molecule has 2 aliphatic rings. The van der Waals surface area contributed by atoms with Crippen molar-refractivity contribution in [2.24, 2.45) is 0 Å². The number of hydrogen-bond acceptors (Lipinski definition) is 5. The summed E-state index contributed by atoms with van der Waals surface area (Å²) >= 11 is 0. The minimum absolute atomic E-state index is 0.0680. The molecule has 3 aromatic heterocycles. The van der Waals surface area contributed by atoms with E-state index in [2.05, 4.69) is 42.9 Å². The Kier molecular flexibility index (Phi) is 5.41. The van der Waals surface area contributed by atoms with Crippen molar-refractivity contribution in [2.45, 2.75) is 65.1 Å². The molecule has 2 fully saturated rings. The van der Waals surface area contributed by atoms with E-state index in [9.17, 15) is 4.79 Å². The summed E-state index contributed by atoms with van der Waals surface area (Å²) in [6.07, 6.45) is 8.34. The van der Waals surface area contributed by atoms with Gasteiger partial charge in [-0.2, -0.15) is 5.10 Å². The van der Waals surface area contributed by atoms with Gasteiger partial charge in [-0.25, -0.2) is 14.3 Å². The summed E-state index contributed by atoms with van der Waals surface area (Å²) in [6, 6.07) is 4.60. The van der Waals surface area contributed by atoms with Crippen LogP contribution in [0.1, 0.15) is 62.4 Å². The van der Waals surface area contributed by atoms with Gasteiger partial charge in [0.15, 0.2) is 0 Å². The minimum atomic E-state index is -0.0680. The number of pyridine rings is 1. The van der Waals surface area contributed by atoms with Crippen LogP contribution in [0.3, 0.4) is 0 Å². The summed E-state index contributed by atoms with van der Waals surface area (Å²) in [5.74, 6) is 2.23. The van der Waals surface area contributed by atoms with Crippen LogP contribution in [0.15, 0.2) is 35.5 Å². The lowest BCUT2D eigenvalue weighted by molar-refractivity contribution is 0.0529. The highest BCUT2D eigenvalue weighted by Gasteiger charge is 2.27. The van der Waals surface area contributed by atoms with Crippen LogP contribution in [0.5, 0.6) is 0 Å². The number of rotatable bonds is 6. The summed E-state index contributed by atoms with van der Waals surface area (Å²) in [5, 5.41) is 4.40. The summed E-state index contributed by atoms with van der Waals surface area (Å²) < 4.78 is 11.1. The van der Waals surface area contributed by atoms with Crippen molar-refractivity contribution in [2.75, 3.05) is 24.6 Å². The smallest absolute Gasteiger partial charge is 0.334 e. The van der Waals surface area contributed by atoms with Crippen LogP contribution >= 0.6 is 0 Å². The van der Waals surface area contributed by atoms with Gasteiger partial charge in [-0.15, -0.1) is 0 Å². The Balaban J connectivity index is 1.50. The second-order valence-corrected chi connectivity index (χ2v) is 9.46. The average molecular weight is 437 g/mol. The molecule has 8 nitrogen and oxygen atoms in total. The highest BCUT2D eigenvalue weighted by Crippen LogP contribution is 2.41. The predicted octanol–water partition coefficient (Wildman–Crippen LogP) is 3.27. The van der Waals surface area contributed by atoms with Gasteiger partial charge in [0, 0.05) is 42.8 Å². The third-order valence-electron chi connectivity index (χ3n) is 6.33. The Labute approximate surface area is 188 Å². The Morgan fingerprint density at radius 1 is 1.19 bits per heavy atom. The van der Waals surface area contributed by atoms with Crippen molar-refractivity contribution in [3.8, 4) is 5.82 Å². The number of aryl methyl sites for hydroxylation is 1. The fraction of sp³-hybridized carbons (Fsp3) is 0.542. The second kappa shape index (κ2) is 8.24. The summed E-state index contributed by atoms with van der Waals surface area (Å²) in [4.78, 5) is 20.6. The number of hydrogen-bond donors (Lipinski definition) is 0. The third-order valence-corrected chi connectivity index (χ3v) is 6.33. The van der Waals surface area contributed by atoms with E-state index in [0.29, 0.717) is 30.9 Å². The van der Waals surface area contributed by atoms with Crippen LogP contribution in [0, 0.1) is 6.92 Å². The molecule has 0 radical (unpaired) electrons. The zero-order chi connectivity index (χ0) is 22.4. The first kappa shape index (κ1) is 21.0. The SMILES string of the molecule is Cc1cn(Cc2cnn(C(C)C)c2)c(=O)n1-c1cc(C2CC2)cc(N2CCO[C@H](C)C2)n1. The summed E-state index contributed by atoms with van der Waals surface area (Å²) in [6.45, 7) is 11.1. The molecule has 0 N–H and O–H groups in total. The topological polar surface area (TPSA) is 70.1 Å². The molecule has 3 aromatic rings. The molecule has 1 aliphatic carbocycles. The number of morpholine rings is 1. The van der Waals surface area contributed by atoms with Crippen molar-refractivity contribution in [1.82, 2.24) is 23.9 Å². The molecular formula is C24H32N6O2. The van der Waals surface area contributed by atoms with Gasteiger partial charge in [0.1, 0.15) is 11.6 Å². The first-order chi connectivity index (χ1) is 15.4. The van der Waals surface area contributed by atoms with E-state index >= 15 is 0 Å². The van der Waals surface area contributed by atoms with Gasteiger partial charge in [0.2, 0.25) is 0 Å². The number of ether oxygens (including phenoxy) is 1. The maximum Gasteiger partial charge on any atom is 0.334 e. The predicted molar refractivity (Wildman–Crippen MR) is 124 cm³/mol. The van der Waals surface area contributed by atoms with Gasteiger partial charge in [0.05, 0.1) is 25.5 Å². The van der Waals surface area contributed by atoms with Crippen molar-refractivity contribution in [1.29, 1.82) is 0 Å². The fourth-order valence-electron chi connectivity index (χ4n) is 4.43. The molecule has 1 aliphatic heterocycles. The minimum Gasteiger partial charge on any atom is -0.375 e. The van der Waals surface area contributed by atoms with E-state index in [1.54, 1.807) is 9.13 Å². The van der Waals surface area contributed by atoms with E-state index < -0.39 is 0 Å². The largest absolute Gasteiger partial charge is 0.375 e. The van der Waals surface area contributed by atoms with E-state index in [4.69, 9.17) is 9.72 Å². The Bertz CT molecular complexity index is 1170. The zero-order valence-corrected chi connectivity index (χ0v) is 19.4. The highest BCUT2D eigenvalue weighted by atomic mass is 16.5. The molecule has 0 bridgehead atoms. The lowest BCUT2D eigenvalue weighted by atomic mass is 10.1. The molecule has 32 heavy (non-hydrogen) atoms. The second-order valence-electron chi connectivity index (χ2n) is 9.46. The summed E-state index contributed by atoms with van der Waals surface area (Å²) in [5.41, 5.74) is 3.11. The van der Waals surface area contributed by atoms with Crippen LogP contribution in [0.4, 0.5) is 5.82 Å². The van der Waals surface area contributed by atoms with E-state index in [0.717, 1.165) is 30.2 Å². The average Bonchev–Trinajstić information content (AvgIpc) is 3.44. The lowest BCUT2D eigenvalue weighted by Crippen LogP contribution is -2.41. The standard InChI is InChI=1S/C24H32N6O2/c1-16(2)29-15-19(11-25-29)14-28-12-17(3)30(24(28)31)23-10-21(20-5-6-20)9-22(26-23)27-7-8-32-18(4)13-27/h9-12,15-16,18,20H,5-8,13-14H2,1-4H3/t18-/m1/s1.